The van der Waals surface area contributed by atoms with Crippen LogP contribution in [0.25, 0.3) is 5.76 Å². The van der Waals surface area contributed by atoms with Gasteiger partial charge in [0.05, 0.1) is 31.0 Å². The second-order valence-electron chi connectivity index (χ2n) is 7.57. The van der Waals surface area contributed by atoms with Gasteiger partial charge in [-0.3, -0.25) is 14.6 Å². The number of aliphatic hydroxyl groups excluding tert-OH is 1. The van der Waals surface area contributed by atoms with Crippen molar-refractivity contribution in [3.8, 4) is 5.75 Å². The first-order valence-electron chi connectivity index (χ1n) is 10.1. The van der Waals surface area contributed by atoms with E-state index >= 15 is 0 Å². The molecule has 1 unspecified atom stereocenters. The van der Waals surface area contributed by atoms with Crippen molar-refractivity contribution in [1.82, 2.24) is 9.88 Å². The Balaban J connectivity index is 1.63. The number of fused-ring (bicyclic) bond motifs is 1. The Hall–Kier alpha value is -3.87. The first-order valence-corrected chi connectivity index (χ1v) is 10.1. The van der Waals surface area contributed by atoms with Crippen molar-refractivity contribution in [3.63, 3.8) is 0 Å². The lowest BCUT2D eigenvalue weighted by atomic mass is 9.94. The van der Waals surface area contributed by atoms with Crippen LogP contribution in [0.15, 0.2) is 71.1 Å². The zero-order valence-electron chi connectivity index (χ0n) is 16.7. The summed E-state index contributed by atoms with van der Waals surface area (Å²) < 4.78 is 11.0. The van der Waals surface area contributed by atoms with E-state index in [4.69, 9.17) is 9.15 Å². The number of benzene rings is 1. The maximum Gasteiger partial charge on any atom is 0.296 e. The van der Waals surface area contributed by atoms with E-state index in [9.17, 15) is 14.7 Å². The molecule has 1 amide bonds. The van der Waals surface area contributed by atoms with Gasteiger partial charge < -0.3 is 19.2 Å². The van der Waals surface area contributed by atoms with Crippen LogP contribution in [0.1, 0.15) is 34.9 Å². The lowest BCUT2D eigenvalue weighted by molar-refractivity contribution is -0.140. The molecule has 2 aliphatic rings. The van der Waals surface area contributed by atoms with E-state index < -0.39 is 17.7 Å². The summed E-state index contributed by atoms with van der Waals surface area (Å²) in [6, 6.07) is 11.5. The van der Waals surface area contributed by atoms with Crippen molar-refractivity contribution in [3.05, 3.63) is 89.1 Å². The summed E-state index contributed by atoms with van der Waals surface area (Å²) in [4.78, 5) is 31.5. The number of ether oxygens (including phenoxy) is 1. The molecule has 2 aliphatic heterocycles. The molecule has 0 bridgehead atoms. The topological polar surface area (TPSA) is 92.9 Å². The molecule has 3 aromatic rings. The molecule has 0 saturated carbocycles. The highest BCUT2D eigenvalue weighted by atomic mass is 16.5. The first-order chi connectivity index (χ1) is 15.1. The van der Waals surface area contributed by atoms with Gasteiger partial charge in [0.25, 0.3) is 11.7 Å². The van der Waals surface area contributed by atoms with E-state index in [1.54, 1.807) is 48.8 Å². The fourth-order valence-corrected chi connectivity index (χ4v) is 4.16. The van der Waals surface area contributed by atoms with E-state index in [1.165, 1.54) is 11.2 Å². The largest absolute Gasteiger partial charge is 0.507 e. The van der Waals surface area contributed by atoms with Gasteiger partial charge in [-0.05, 0) is 60.4 Å². The summed E-state index contributed by atoms with van der Waals surface area (Å²) in [7, 11) is 0. The average molecular weight is 416 g/mol. The van der Waals surface area contributed by atoms with Crippen LogP contribution < -0.4 is 4.74 Å². The standard InChI is InChI=1S/C24H20N2O5/c27-22(16-7-8-19-15(12-16)5-2-11-31-19)20-21(17-4-1-9-25-13-17)26(24(29)23(20)28)14-18-6-3-10-30-18/h1,3-4,6-10,12-13,21,27H,2,5,11,14H2/b22-20-. The maximum atomic E-state index is 13.0. The molecule has 0 radical (unpaired) electrons. The molecule has 5 rings (SSSR count). The van der Waals surface area contributed by atoms with Crippen LogP contribution in [0.4, 0.5) is 0 Å². The SMILES string of the molecule is O=C1C(=O)N(Cc2ccco2)C(c2cccnc2)/C1=C(/O)c1ccc2c(c1)CCCO2. The second kappa shape index (κ2) is 7.75. The van der Waals surface area contributed by atoms with Crippen molar-refractivity contribution in [2.45, 2.75) is 25.4 Å². The van der Waals surface area contributed by atoms with Gasteiger partial charge in [0, 0.05) is 18.0 Å². The van der Waals surface area contributed by atoms with Crippen molar-refractivity contribution in [1.29, 1.82) is 0 Å². The van der Waals surface area contributed by atoms with Gasteiger partial charge in [-0.25, -0.2) is 0 Å². The third-order valence-corrected chi connectivity index (χ3v) is 5.63. The maximum absolute atomic E-state index is 13.0. The molecular formula is C24H20N2O5. The lowest BCUT2D eigenvalue weighted by Gasteiger charge is -2.24. The van der Waals surface area contributed by atoms with Crippen LogP contribution in [0.3, 0.4) is 0 Å². The number of aliphatic hydroxyl groups is 1. The number of ketones is 1. The minimum Gasteiger partial charge on any atom is -0.507 e. The van der Waals surface area contributed by atoms with E-state index in [0.29, 0.717) is 23.5 Å². The molecule has 31 heavy (non-hydrogen) atoms. The molecule has 4 heterocycles. The Morgan fingerprint density at radius 3 is 2.87 bits per heavy atom. The zero-order chi connectivity index (χ0) is 21.4. The molecule has 0 aliphatic carbocycles. The molecule has 7 heteroatoms. The van der Waals surface area contributed by atoms with Gasteiger partial charge in [0.1, 0.15) is 17.3 Å². The van der Waals surface area contributed by atoms with Crippen molar-refractivity contribution >= 4 is 17.4 Å². The average Bonchev–Trinajstić information content (AvgIpc) is 3.41. The normalized spacial score (nSPS) is 19.9. The molecule has 1 N–H and O–H groups in total. The van der Waals surface area contributed by atoms with Gasteiger partial charge in [0.2, 0.25) is 0 Å². The predicted molar refractivity (Wildman–Crippen MR) is 111 cm³/mol. The monoisotopic (exact) mass is 416 g/mol. The number of pyridine rings is 1. The van der Waals surface area contributed by atoms with E-state index in [-0.39, 0.29) is 17.9 Å². The fourth-order valence-electron chi connectivity index (χ4n) is 4.16. The molecule has 1 aromatic carbocycles. The van der Waals surface area contributed by atoms with Crippen LogP contribution in [-0.2, 0) is 22.6 Å². The Morgan fingerprint density at radius 2 is 2.10 bits per heavy atom. The minimum absolute atomic E-state index is 0.0428. The molecule has 0 spiro atoms. The number of nitrogens with zero attached hydrogens (tertiary/aromatic N) is 2. The zero-order valence-corrected chi connectivity index (χ0v) is 16.7. The van der Waals surface area contributed by atoms with Crippen molar-refractivity contribution < 1.29 is 23.8 Å². The lowest BCUT2D eigenvalue weighted by Crippen LogP contribution is -2.29. The predicted octanol–water partition coefficient (Wildman–Crippen LogP) is 3.62. The Bertz CT molecular complexity index is 1170. The number of Topliss-reactive ketones (excluding diaryl/α,β-unsaturated/α-hetero) is 1. The number of furan rings is 1. The van der Waals surface area contributed by atoms with E-state index in [1.807, 2.05) is 6.07 Å². The van der Waals surface area contributed by atoms with E-state index in [2.05, 4.69) is 4.98 Å². The van der Waals surface area contributed by atoms with Crippen molar-refractivity contribution in [2.24, 2.45) is 0 Å². The summed E-state index contributed by atoms with van der Waals surface area (Å²) in [5, 5.41) is 11.2. The second-order valence-corrected chi connectivity index (χ2v) is 7.57. The van der Waals surface area contributed by atoms with Crippen LogP contribution in [0, 0.1) is 0 Å². The molecule has 7 nitrogen and oxygen atoms in total. The highest BCUT2D eigenvalue weighted by molar-refractivity contribution is 6.46. The summed E-state index contributed by atoms with van der Waals surface area (Å²) >= 11 is 0. The van der Waals surface area contributed by atoms with Crippen molar-refractivity contribution in [2.75, 3.05) is 6.61 Å². The molecule has 1 saturated heterocycles. The van der Waals surface area contributed by atoms with Crippen LogP contribution >= 0.6 is 0 Å². The van der Waals surface area contributed by atoms with Crippen LogP contribution in [0.5, 0.6) is 5.75 Å². The Kier molecular flexibility index (Phi) is 4.78. The Morgan fingerprint density at radius 1 is 1.19 bits per heavy atom. The summed E-state index contributed by atoms with van der Waals surface area (Å²) in [5.74, 6) is -0.297. The number of rotatable bonds is 4. The van der Waals surface area contributed by atoms with Gasteiger partial charge in [0.15, 0.2) is 0 Å². The van der Waals surface area contributed by atoms with Gasteiger partial charge in [-0.15, -0.1) is 0 Å². The molecule has 2 aromatic heterocycles. The first kappa shape index (κ1) is 19.1. The number of amides is 1. The summed E-state index contributed by atoms with van der Waals surface area (Å²) in [6.07, 6.45) is 6.45. The number of carbonyl (C=O) groups excluding carboxylic acids is 2. The highest BCUT2D eigenvalue weighted by Crippen LogP contribution is 2.40. The molecule has 156 valence electrons. The third kappa shape index (κ3) is 3.38. The Labute approximate surface area is 178 Å². The minimum atomic E-state index is -0.772. The van der Waals surface area contributed by atoms with Gasteiger partial charge >= 0.3 is 0 Å². The highest BCUT2D eigenvalue weighted by Gasteiger charge is 2.46. The number of aryl methyl sites for hydroxylation is 1. The smallest absolute Gasteiger partial charge is 0.296 e. The van der Waals surface area contributed by atoms with Crippen LogP contribution in [-0.4, -0.2) is 33.3 Å². The summed E-state index contributed by atoms with van der Waals surface area (Å²) in [6.45, 7) is 0.767. The molecule has 1 atom stereocenters. The van der Waals surface area contributed by atoms with Crippen LogP contribution in [0.2, 0.25) is 0 Å². The quantitative estimate of drug-likeness (QED) is 0.397. The molecule has 1 fully saturated rings. The molecular weight excluding hydrogens is 396 g/mol. The van der Waals surface area contributed by atoms with Gasteiger partial charge in [-0.1, -0.05) is 6.07 Å². The van der Waals surface area contributed by atoms with Gasteiger partial charge in [-0.2, -0.15) is 0 Å². The number of aromatic nitrogens is 1. The number of hydrogen-bond donors (Lipinski definition) is 1. The number of carbonyl (C=O) groups is 2. The summed E-state index contributed by atoms with van der Waals surface area (Å²) in [5.41, 5.74) is 2.13. The number of hydrogen-bond acceptors (Lipinski definition) is 6. The number of likely N-dealkylation sites (tertiary alicyclic amines) is 1. The fraction of sp³-hybridized carbons (Fsp3) is 0.208. The third-order valence-electron chi connectivity index (χ3n) is 5.63. The van der Waals surface area contributed by atoms with E-state index in [0.717, 1.165) is 24.2 Å².